The molecule has 144 valence electrons. The third-order valence-electron chi connectivity index (χ3n) is 4.87. The molecule has 0 radical (unpaired) electrons. The number of tetrazole rings is 1. The van der Waals surface area contributed by atoms with Crippen molar-refractivity contribution in [2.24, 2.45) is 0 Å². The molecule has 2 N–H and O–H groups in total. The quantitative estimate of drug-likeness (QED) is 0.645. The molecule has 8 heteroatoms. The molecular weight excluding hydrogens is 374 g/mol. The second kappa shape index (κ2) is 8.02. The number of phenolic OH excluding ortho intramolecular Hbond substituents is 1. The highest BCUT2D eigenvalue weighted by Gasteiger charge is 2.25. The van der Waals surface area contributed by atoms with Crippen LogP contribution >= 0.6 is 11.8 Å². The zero-order chi connectivity index (χ0) is 19.5. The Hall–Kier alpha value is -2.87. The molecule has 0 unspecified atom stereocenters. The van der Waals surface area contributed by atoms with E-state index >= 15 is 0 Å². The Labute approximate surface area is 167 Å². The van der Waals surface area contributed by atoms with Crippen LogP contribution in [-0.2, 0) is 11.2 Å². The summed E-state index contributed by atoms with van der Waals surface area (Å²) in [4.78, 5) is 12.8. The number of benzene rings is 2. The summed E-state index contributed by atoms with van der Waals surface area (Å²) in [5.41, 5.74) is 3.25. The Morgan fingerprint density at radius 1 is 1.25 bits per heavy atom. The number of carbonyl (C=O) groups excluding carboxylic acids is 1. The van der Waals surface area contributed by atoms with Crippen molar-refractivity contribution >= 4 is 17.7 Å². The number of amides is 1. The molecule has 0 bridgehead atoms. The number of phenols is 1. The van der Waals surface area contributed by atoms with Crippen LogP contribution < -0.4 is 5.32 Å². The second-order valence-electron chi connectivity index (χ2n) is 6.80. The van der Waals surface area contributed by atoms with E-state index in [2.05, 4.69) is 33.0 Å². The van der Waals surface area contributed by atoms with Crippen molar-refractivity contribution in [2.75, 3.05) is 0 Å². The van der Waals surface area contributed by atoms with Crippen molar-refractivity contribution in [2.45, 2.75) is 42.6 Å². The predicted molar refractivity (Wildman–Crippen MR) is 106 cm³/mol. The number of nitrogens with one attached hydrogen (secondary N) is 1. The summed E-state index contributed by atoms with van der Waals surface area (Å²) in [5.74, 6) is 0.137. The average Bonchev–Trinajstić information content (AvgIpc) is 3.17. The van der Waals surface area contributed by atoms with E-state index in [-0.39, 0.29) is 22.9 Å². The van der Waals surface area contributed by atoms with Gasteiger partial charge in [0.1, 0.15) is 5.75 Å². The lowest BCUT2D eigenvalue weighted by atomic mass is 9.88. The van der Waals surface area contributed by atoms with E-state index in [1.807, 2.05) is 19.1 Å². The maximum absolute atomic E-state index is 12.8. The fraction of sp³-hybridized carbons (Fsp3) is 0.300. The number of hydrogen-bond acceptors (Lipinski definition) is 6. The summed E-state index contributed by atoms with van der Waals surface area (Å²) in [6, 6.07) is 14.9. The van der Waals surface area contributed by atoms with Gasteiger partial charge in [-0.2, -0.15) is 4.68 Å². The predicted octanol–water partition coefficient (Wildman–Crippen LogP) is 3.04. The van der Waals surface area contributed by atoms with Crippen molar-refractivity contribution in [3.63, 3.8) is 0 Å². The maximum Gasteiger partial charge on any atom is 0.233 e. The Morgan fingerprint density at radius 2 is 2.04 bits per heavy atom. The van der Waals surface area contributed by atoms with Crippen LogP contribution in [0.5, 0.6) is 5.75 Å². The van der Waals surface area contributed by atoms with Gasteiger partial charge in [0.15, 0.2) is 0 Å². The molecule has 3 aromatic rings. The van der Waals surface area contributed by atoms with E-state index in [1.165, 1.54) is 22.9 Å². The normalized spacial score (nSPS) is 17.0. The number of aryl methyl sites for hydroxylation is 1. The highest BCUT2D eigenvalue weighted by molar-refractivity contribution is 8.00. The van der Waals surface area contributed by atoms with Crippen LogP contribution in [0.15, 0.2) is 53.7 Å². The van der Waals surface area contributed by atoms with E-state index in [9.17, 15) is 9.90 Å². The topological polar surface area (TPSA) is 92.9 Å². The highest BCUT2D eigenvalue weighted by Crippen LogP contribution is 2.30. The van der Waals surface area contributed by atoms with E-state index in [4.69, 9.17) is 0 Å². The van der Waals surface area contributed by atoms with Gasteiger partial charge in [-0.25, -0.2) is 0 Å². The number of aromatic nitrogens is 4. The maximum atomic E-state index is 12.8. The Balaban J connectivity index is 1.45. The van der Waals surface area contributed by atoms with Gasteiger partial charge in [0, 0.05) is 0 Å². The van der Waals surface area contributed by atoms with Gasteiger partial charge in [-0.15, -0.1) is 5.10 Å². The van der Waals surface area contributed by atoms with Crippen LogP contribution in [0, 0.1) is 0 Å². The number of fused-ring (bicyclic) bond motifs is 1. The second-order valence-corrected chi connectivity index (χ2v) is 8.11. The number of aromatic hydroxyl groups is 1. The van der Waals surface area contributed by atoms with Crippen LogP contribution in [-0.4, -0.2) is 36.5 Å². The molecule has 4 rings (SSSR count). The molecule has 1 aliphatic rings. The van der Waals surface area contributed by atoms with Crippen LogP contribution in [0.2, 0.25) is 0 Å². The summed E-state index contributed by atoms with van der Waals surface area (Å²) in [6.45, 7) is 1.85. The first kappa shape index (κ1) is 18.5. The van der Waals surface area contributed by atoms with E-state index in [0.29, 0.717) is 5.16 Å². The van der Waals surface area contributed by atoms with Crippen molar-refractivity contribution in [3.8, 4) is 11.4 Å². The highest BCUT2D eigenvalue weighted by atomic mass is 32.2. The number of carbonyl (C=O) groups is 1. The number of nitrogens with zero attached hydrogens (tertiary/aromatic N) is 4. The third kappa shape index (κ3) is 3.87. The van der Waals surface area contributed by atoms with Gasteiger partial charge in [-0.1, -0.05) is 36.0 Å². The molecule has 0 spiro atoms. The van der Waals surface area contributed by atoms with E-state index in [1.54, 1.807) is 28.9 Å². The first-order valence-corrected chi connectivity index (χ1v) is 10.1. The van der Waals surface area contributed by atoms with Crippen LogP contribution in [0.3, 0.4) is 0 Å². The Bertz CT molecular complexity index is 973. The average molecular weight is 395 g/mol. The molecule has 2 atom stereocenters. The van der Waals surface area contributed by atoms with Crippen LogP contribution in [0.4, 0.5) is 0 Å². The molecule has 0 aliphatic heterocycles. The monoisotopic (exact) mass is 395 g/mol. The van der Waals surface area contributed by atoms with Crippen LogP contribution in [0.1, 0.15) is 36.9 Å². The SMILES string of the molecule is C[C@H](Sc1nnnn1-c1ccc(O)cc1)C(=O)N[C@@H]1CCCc2ccccc21. The van der Waals surface area contributed by atoms with Gasteiger partial charge in [0.25, 0.3) is 0 Å². The van der Waals surface area contributed by atoms with Crippen molar-refractivity contribution in [3.05, 3.63) is 59.7 Å². The zero-order valence-corrected chi connectivity index (χ0v) is 16.3. The van der Waals surface area contributed by atoms with E-state index < -0.39 is 0 Å². The van der Waals surface area contributed by atoms with Gasteiger partial charge >= 0.3 is 0 Å². The van der Waals surface area contributed by atoms with Gasteiger partial charge in [-0.3, -0.25) is 4.79 Å². The molecule has 7 nitrogen and oxygen atoms in total. The Morgan fingerprint density at radius 3 is 2.86 bits per heavy atom. The fourth-order valence-electron chi connectivity index (χ4n) is 3.41. The van der Waals surface area contributed by atoms with Crippen molar-refractivity contribution in [1.82, 2.24) is 25.5 Å². The lowest BCUT2D eigenvalue weighted by Gasteiger charge is -2.27. The minimum absolute atomic E-state index is 0.0352. The smallest absolute Gasteiger partial charge is 0.233 e. The fourth-order valence-corrected chi connectivity index (χ4v) is 4.23. The Kier molecular flexibility index (Phi) is 5.29. The lowest BCUT2D eigenvalue weighted by molar-refractivity contribution is -0.121. The molecule has 1 aliphatic carbocycles. The molecule has 28 heavy (non-hydrogen) atoms. The minimum Gasteiger partial charge on any atom is -0.508 e. The number of rotatable bonds is 5. The zero-order valence-electron chi connectivity index (χ0n) is 15.4. The first-order valence-electron chi connectivity index (χ1n) is 9.24. The standard InChI is InChI=1S/C20H21N5O2S/c1-13(19(27)21-18-8-4-6-14-5-2-3-7-17(14)18)28-20-22-23-24-25(20)15-9-11-16(26)12-10-15/h2-3,5,7,9-13,18,26H,4,6,8H2,1H3,(H,21,27)/t13-,18+/m0/s1. The molecule has 0 saturated carbocycles. The summed E-state index contributed by atoms with van der Waals surface area (Å²) >= 11 is 1.31. The van der Waals surface area contributed by atoms with Crippen molar-refractivity contribution in [1.29, 1.82) is 0 Å². The van der Waals surface area contributed by atoms with Gasteiger partial charge in [-0.05, 0) is 72.0 Å². The molecule has 1 amide bonds. The molecular formula is C20H21N5O2S. The summed E-state index contributed by atoms with van der Waals surface area (Å²) in [5, 5.41) is 24.6. The molecule has 1 heterocycles. The van der Waals surface area contributed by atoms with Gasteiger partial charge in [0.2, 0.25) is 11.1 Å². The van der Waals surface area contributed by atoms with Gasteiger partial charge in [0.05, 0.1) is 17.0 Å². The summed E-state index contributed by atoms with van der Waals surface area (Å²) in [7, 11) is 0. The number of hydrogen-bond donors (Lipinski definition) is 2. The summed E-state index contributed by atoms with van der Waals surface area (Å²) in [6.07, 6.45) is 3.09. The minimum atomic E-state index is -0.351. The summed E-state index contributed by atoms with van der Waals surface area (Å²) < 4.78 is 1.56. The molecule has 1 aromatic heterocycles. The van der Waals surface area contributed by atoms with Crippen molar-refractivity contribution < 1.29 is 9.90 Å². The first-order chi connectivity index (χ1) is 13.6. The molecule has 2 aromatic carbocycles. The molecule has 0 fully saturated rings. The molecule has 0 saturated heterocycles. The third-order valence-corrected chi connectivity index (χ3v) is 5.91. The van der Waals surface area contributed by atoms with E-state index in [0.717, 1.165) is 24.9 Å². The van der Waals surface area contributed by atoms with Crippen LogP contribution in [0.25, 0.3) is 5.69 Å². The van der Waals surface area contributed by atoms with Gasteiger partial charge < -0.3 is 10.4 Å². The number of thioether (sulfide) groups is 1. The largest absolute Gasteiger partial charge is 0.508 e. The lowest BCUT2D eigenvalue weighted by Crippen LogP contribution is -2.36.